The van der Waals surface area contributed by atoms with Crippen LogP contribution < -0.4 is 10.6 Å². The molecule has 7 nitrogen and oxygen atoms in total. The lowest BCUT2D eigenvalue weighted by atomic mass is 10.2. The fourth-order valence-electron chi connectivity index (χ4n) is 2.81. The number of amides is 1. The average Bonchev–Trinajstić information content (AvgIpc) is 2.93. The van der Waals surface area contributed by atoms with Crippen molar-refractivity contribution in [1.82, 2.24) is 19.7 Å². The van der Waals surface area contributed by atoms with E-state index in [1.54, 1.807) is 7.05 Å². The van der Waals surface area contributed by atoms with Gasteiger partial charge in [-0.1, -0.05) is 42.1 Å². The van der Waals surface area contributed by atoms with E-state index in [1.807, 2.05) is 11.0 Å². The zero-order chi connectivity index (χ0) is 16.9. The van der Waals surface area contributed by atoms with Crippen LogP contribution in [-0.4, -0.2) is 57.5 Å². The van der Waals surface area contributed by atoms with E-state index < -0.39 is 0 Å². The van der Waals surface area contributed by atoms with E-state index in [9.17, 15) is 9.59 Å². The molecule has 1 aromatic carbocycles. The van der Waals surface area contributed by atoms with Crippen molar-refractivity contribution in [2.75, 3.05) is 31.9 Å². The maximum absolute atomic E-state index is 12.3. The molecule has 0 saturated carbocycles. The molecule has 1 saturated heterocycles. The second-order valence-electron chi connectivity index (χ2n) is 5.95. The van der Waals surface area contributed by atoms with Gasteiger partial charge in [-0.2, -0.15) is 0 Å². The third-order valence-corrected chi connectivity index (χ3v) is 5.30. The minimum absolute atomic E-state index is 0.106. The van der Waals surface area contributed by atoms with Gasteiger partial charge in [-0.15, -0.1) is 5.10 Å². The molecule has 1 fully saturated rings. The minimum atomic E-state index is -0.261. The number of thioether (sulfide) groups is 1. The second kappa shape index (κ2) is 7.67. The number of nitrogens with zero attached hydrogens (tertiary/aromatic N) is 3. The van der Waals surface area contributed by atoms with Crippen molar-refractivity contribution >= 4 is 17.7 Å². The Labute approximate surface area is 144 Å². The third kappa shape index (κ3) is 4.07. The van der Waals surface area contributed by atoms with E-state index in [1.165, 1.54) is 26.8 Å². The lowest BCUT2D eigenvalue weighted by Gasteiger charge is -2.32. The van der Waals surface area contributed by atoms with Crippen LogP contribution in [0.5, 0.6) is 0 Å². The lowest BCUT2D eigenvalue weighted by molar-refractivity contribution is -0.917. The largest absolute Gasteiger partial charge is 0.343 e. The number of rotatable bonds is 5. The maximum atomic E-state index is 12.3. The maximum Gasteiger partial charge on any atom is 0.343 e. The van der Waals surface area contributed by atoms with Crippen LogP contribution in [0, 0.1) is 0 Å². The molecule has 3 rings (SSSR count). The number of H-pyrrole nitrogens is 1. The quantitative estimate of drug-likeness (QED) is 0.689. The number of aromatic amines is 1. The molecule has 1 amide bonds. The van der Waals surface area contributed by atoms with Crippen LogP contribution in [0.15, 0.2) is 40.3 Å². The summed E-state index contributed by atoms with van der Waals surface area (Å²) in [5.74, 6) is 0.417. The fourth-order valence-corrected chi connectivity index (χ4v) is 3.63. The van der Waals surface area contributed by atoms with Gasteiger partial charge in [0.1, 0.15) is 6.54 Å². The zero-order valence-corrected chi connectivity index (χ0v) is 14.5. The predicted molar refractivity (Wildman–Crippen MR) is 92.0 cm³/mol. The van der Waals surface area contributed by atoms with E-state index in [0.29, 0.717) is 10.9 Å². The summed E-state index contributed by atoms with van der Waals surface area (Å²) in [4.78, 5) is 27.0. The van der Waals surface area contributed by atoms with Crippen LogP contribution in [0.25, 0.3) is 0 Å². The highest BCUT2D eigenvalue weighted by Crippen LogP contribution is 2.12. The zero-order valence-electron chi connectivity index (χ0n) is 13.7. The summed E-state index contributed by atoms with van der Waals surface area (Å²) < 4.78 is 1.42. The molecule has 0 spiro atoms. The molecule has 0 aliphatic carbocycles. The number of nitrogens with one attached hydrogen (secondary N) is 2. The number of quaternary nitrogens is 1. The average molecular weight is 348 g/mol. The Balaban J connectivity index is 1.45. The van der Waals surface area contributed by atoms with Crippen LogP contribution in [0.1, 0.15) is 5.56 Å². The first-order chi connectivity index (χ1) is 11.6. The van der Waals surface area contributed by atoms with E-state index in [4.69, 9.17) is 0 Å². The van der Waals surface area contributed by atoms with Crippen LogP contribution in [0.3, 0.4) is 0 Å². The molecule has 8 heteroatoms. The Morgan fingerprint density at radius 1 is 1.29 bits per heavy atom. The molecule has 2 heterocycles. The van der Waals surface area contributed by atoms with Gasteiger partial charge in [0.25, 0.3) is 0 Å². The van der Waals surface area contributed by atoms with Gasteiger partial charge >= 0.3 is 5.69 Å². The van der Waals surface area contributed by atoms with Gasteiger partial charge < -0.3 is 9.80 Å². The molecule has 2 N–H and O–H groups in total. The molecule has 0 atom stereocenters. The van der Waals surface area contributed by atoms with Gasteiger partial charge in [0.05, 0.1) is 31.9 Å². The predicted octanol–water partition coefficient (Wildman–Crippen LogP) is -0.872. The molecule has 1 aliphatic rings. The molecule has 1 aromatic heterocycles. The Kier molecular flexibility index (Phi) is 5.37. The Hall–Kier alpha value is -2.06. The van der Waals surface area contributed by atoms with Gasteiger partial charge in [0.15, 0.2) is 5.16 Å². The minimum Gasteiger partial charge on any atom is -0.331 e. The van der Waals surface area contributed by atoms with Crippen molar-refractivity contribution in [3.05, 3.63) is 46.4 Å². The van der Waals surface area contributed by atoms with Crippen molar-refractivity contribution in [3.63, 3.8) is 0 Å². The third-order valence-electron chi connectivity index (χ3n) is 4.28. The van der Waals surface area contributed by atoms with Gasteiger partial charge in [-0.25, -0.2) is 9.89 Å². The number of carbonyl (C=O) groups is 1. The van der Waals surface area contributed by atoms with Crippen molar-refractivity contribution in [1.29, 1.82) is 0 Å². The summed E-state index contributed by atoms with van der Waals surface area (Å²) in [6, 6.07) is 10.5. The molecule has 0 unspecified atom stereocenters. The lowest BCUT2D eigenvalue weighted by Crippen LogP contribution is -3.13. The topological polar surface area (TPSA) is 75.4 Å². The highest BCUT2D eigenvalue weighted by Gasteiger charge is 2.24. The molecular formula is C16H22N5O2S+. The van der Waals surface area contributed by atoms with Crippen LogP contribution in [0.2, 0.25) is 0 Å². The SMILES string of the molecule is Cn1c(SCC(=O)N2CC[NH+](Cc3ccccc3)CC2)n[nH]c1=O. The molecule has 0 radical (unpaired) electrons. The van der Waals surface area contributed by atoms with E-state index in [-0.39, 0.29) is 11.6 Å². The summed E-state index contributed by atoms with van der Waals surface area (Å²) in [6.07, 6.45) is 0. The number of hydrogen-bond acceptors (Lipinski definition) is 4. The molecule has 2 aromatic rings. The normalized spacial score (nSPS) is 15.6. The summed E-state index contributed by atoms with van der Waals surface area (Å²) in [6.45, 7) is 4.49. The molecule has 0 bridgehead atoms. The highest BCUT2D eigenvalue weighted by molar-refractivity contribution is 7.99. The fraction of sp³-hybridized carbons (Fsp3) is 0.438. The standard InChI is InChI=1S/C16H21N5O2S/c1-19-15(23)17-18-16(19)24-12-14(22)21-9-7-20(8-10-21)11-13-5-3-2-4-6-13/h2-6H,7-12H2,1H3,(H,17,23)/p+1. The van der Waals surface area contributed by atoms with Gasteiger partial charge in [-0.3, -0.25) is 9.36 Å². The molecule has 128 valence electrons. The number of carbonyl (C=O) groups excluding carboxylic acids is 1. The highest BCUT2D eigenvalue weighted by atomic mass is 32.2. The number of benzene rings is 1. The Morgan fingerprint density at radius 3 is 2.62 bits per heavy atom. The van der Waals surface area contributed by atoms with Gasteiger partial charge in [-0.05, 0) is 0 Å². The van der Waals surface area contributed by atoms with E-state index in [2.05, 4.69) is 34.5 Å². The van der Waals surface area contributed by atoms with Crippen LogP contribution in [0.4, 0.5) is 0 Å². The second-order valence-corrected chi connectivity index (χ2v) is 6.89. The molecular weight excluding hydrogens is 326 g/mol. The Morgan fingerprint density at radius 2 is 2.00 bits per heavy atom. The first-order valence-corrected chi connectivity index (χ1v) is 9.01. The first-order valence-electron chi connectivity index (χ1n) is 8.03. The van der Waals surface area contributed by atoms with E-state index in [0.717, 1.165) is 32.7 Å². The monoisotopic (exact) mass is 348 g/mol. The van der Waals surface area contributed by atoms with Crippen molar-refractivity contribution in [2.24, 2.45) is 7.05 Å². The summed E-state index contributed by atoms with van der Waals surface area (Å²) in [5, 5.41) is 6.83. The van der Waals surface area contributed by atoms with Crippen molar-refractivity contribution in [3.8, 4) is 0 Å². The summed E-state index contributed by atoms with van der Waals surface area (Å²) in [5.41, 5.74) is 1.07. The van der Waals surface area contributed by atoms with Crippen LogP contribution >= 0.6 is 11.8 Å². The summed E-state index contributed by atoms with van der Waals surface area (Å²) in [7, 11) is 1.64. The molecule has 1 aliphatic heterocycles. The number of hydrogen-bond donors (Lipinski definition) is 2. The number of piperazine rings is 1. The van der Waals surface area contributed by atoms with Crippen LogP contribution in [-0.2, 0) is 18.4 Å². The smallest absolute Gasteiger partial charge is 0.331 e. The first kappa shape index (κ1) is 16.8. The molecule has 24 heavy (non-hydrogen) atoms. The summed E-state index contributed by atoms with van der Waals surface area (Å²) >= 11 is 1.30. The van der Waals surface area contributed by atoms with Crippen molar-refractivity contribution < 1.29 is 9.69 Å². The van der Waals surface area contributed by atoms with Gasteiger partial charge in [0, 0.05) is 12.6 Å². The van der Waals surface area contributed by atoms with Crippen molar-refractivity contribution in [2.45, 2.75) is 11.7 Å². The number of aromatic nitrogens is 3. The van der Waals surface area contributed by atoms with E-state index >= 15 is 0 Å². The Bertz CT molecular complexity index is 734. The van der Waals surface area contributed by atoms with Gasteiger partial charge in [0.2, 0.25) is 5.91 Å².